The van der Waals surface area contributed by atoms with Gasteiger partial charge >= 0.3 is 5.97 Å². The summed E-state index contributed by atoms with van der Waals surface area (Å²) in [6.07, 6.45) is 0. The van der Waals surface area contributed by atoms with Crippen LogP contribution in [0.1, 0.15) is 27.2 Å². The lowest BCUT2D eigenvalue weighted by Crippen LogP contribution is -2.06. The van der Waals surface area contributed by atoms with Crippen LogP contribution in [0.2, 0.25) is 0 Å². The first-order valence-electron chi connectivity index (χ1n) is 7.51. The van der Waals surface area contributed by atoms with Gasteiger partial charge in [0.05, 0.1) is 10.3 Å². The van der Waals surface area contributed by atoms with Crippen molar-refractivity contribution in [2.45, 2.75) is 6.92 Å². The Balaban J connectivity index is 2.36. The van der Waals surface area contributed by atoms with Crippen molar-refractivity contribution < 1.29 is 19.9 Å². The number of aromatic carboxylic acids is 1. The summed E-state index contributed by atoms with van der Waals surface area (Å²) in [4.78, 5) is 26.1. The van der Waals surface area contributed by atoms with E-state index in [9.17, 15) is 25.1 Å². The molecule has 0 aliphatic carbocycles. The largest absolute Gasteiger partial charge is 0.506 e. The maximum Gasteiger partial charge on any atom is 0.355 e. The van der Waals surface area contributed by atoms with Gasteiger partial charge in [0.15, 0.2) is 11.2 Å². The molecule has 0 saturated heterocycles. The molecule has 1 heterocycles. The van der Waals surface area contributed by atoms with Crippen LogP contribution in [0.3, 0.4) is 0 Å². The third-order valence-electron chi connectivity index (χ3n) is 3.80. The van der Waals surface area contributed by atoms with Gasteiger partial charge in [-0.1, -0.05) is 36.1 Å². The van der Waals surface area contributed by atoms with Crippen molar-refractivity contribution in [2.75, 3.05) is 0 Å². The smallest absolute Gasteiger partial charge is 0.355 e. The molecule has 0 aliphatic heterocycles. The molecule has 3 rings (SSSR count). The van der Waals surface area contributed by atoms with E-state index in [1.807, 2.05) is 6.07 Å². The zero-order valence-electron chi connectivity index (χ0n) is 13.6. The normalized spacial score (nSPS) is 10.2. The number of nitro groups is 1. The number of hydrogen-bond acceptors (Lipinski definition) is 5. The first-order chi connectivity index (χ1) is 12.4. The van der Waals surface area contributed by atoms with Gasteiger partial charge < -0.3 is 10.2 Å². The second kappa shape index (κ2) is 6.53. The summed E-state index contributed by atoms with van der Waals surface area (Å²) in [5.41, 5.74) is -0.139. The van der Waals surface area contributed by atoms with E-state index in [0.717, 1.165) is 0 Å². The van der Waals surface area contributed by atoms with E-state index in [4.69, 9.17) is 0 Å². The van der Waals surface area contributed by atoms with E-state index in [1.165, 1.54) is 12.1 Å². The minimum absolute atomic E-state index is 0.113. The highest BCUT2D eigenvalue weighted by molar-refractivity contribution is 6.01. The number of carboxylic acid groups (broad SMARTS) is 1. The highest BCUT2D eigenvalue weighted by Gasteiger charge is 2.24. The average molecular weight is 348 g/mol. The van der Waals surface area contributed by atoms with Gasteiger partial charge in [-0.25, -0.2) is 9.78 Å². The number of benzene rings is 2. The zero-order chi connectivity index (χ0) is 18.8. The van der Waals surface area contributed by atoms with Crippen LogP contribution < -0.4 is 0 Å². The lowest BCUT2D eigenvalue weighted by Gasteiger charge is -2.09. The maximum absolute atomic E-state index is 11.6. The van der Waals surface area contributed by atoms with Crippen LogP contribution >= 0.6 is 0 Å². The number of aryl methyl sites for hydroxylation is 1. The molecule has 0 fully saturated rings. The third kappa shape index (κ3) is 2.91. The molecule has 0 bridgehead atoms. The fourth-order valence-electron chi connectivity index (χ4n) is 2.57. The maximum atomic E-state index is 11.6. The third-order valence-corrected chi connectivity index (χ3v) is 3.80. The minimum atomic E-state index is -1.43. The predicted molar refractivity (Wildman–Crippen MR) is 94.2 cm³/mol. The van der Waals surface area contributed by atoms with E-state index in [1.54, 1.807) is 31.2 Å². The number of carboxylic acids is 1. The summed E-state index contributed by atoms with van der Waals surface area (Å²) in [6, 6.07) is 11.5. The first kappa shape index (κ1) is 16.9. The lowest BCUT2D eigenvalue weighted by molar-refractivity contribution is -0.383. The minimum Gasteiger partial charge on any atom is -0.506 e. The van der Waals surface area contributed by atoms with Crippen LogP contribution in [0.5, 0.6) is 5.75 Å². The van der Waals surface area contributed by atoms with Crippen LogP contribution in [0.25, 0.3) is 10.9 Å². The number of rotatable bonds is 2. The number of aromatic hydroxyl groups is 1. The van der Waals surface area contributed by atoms with Crippen molar-refractivity contribution in [3.8, 4) is 17.6 Å². The Morgan fingerprint density at radius 2 is 1.85 bits per heavy atom. The van der Waals surface area contributed by atoms with Crippen molar-refractivity contribution in [2.24, 2.45) is 0 Å². The molecule has 1 aromatic heterocycles. The fraction of sp³-hybridized carbons (Fsp3) is 0.0526. The molecule has 0 spiro atoms. The molecule has 7 heteroatoms. The van der Waals surface area contributed by atoms with Gasteiger partial charge in [-0.15, -0.1) is 0 Å². The van der Waals surface area contributed by atoms with Crippen molar-refractivity contribution >= 4 is 22.6 Å². The molecule has 0 saturated carbocycles. The Morgan fingerprint density at radius 3 is 2.46 bits per heavy atom. The van der Waals surface area contributed by atoms with Gasteiger partial charge in [0, 0.05) is 11.6 Å². The average Bonchev–Trinajstić information content (AvgIpc) is 2.61. The Hall–Kier alpha value is -3.92. The summed E-state index contributed by atoms with van der Waals surface area (Å²) in [6.45, 7) is 1.64. The Morgan fingerprint density at radius 1 is 1.15 bits per heavy atom. The van der Waals surface area contributed by atoms with E-state index in [0.29, 0.717) is 11.1 Å². The molecule has 0 radical (unpaired) electrons. The summed E-state index contributed by atoms with van der Waals surface area (Å²) in [5, 5.41) is 31.4. The van der Waals surface area contributed by atoms with Crippen molar-refractivity contribution in [3.05, 3.63) is 75.0 Å². The standard InChI is InChI=1S/C19H12N2O5/c1-11-7-10-14(21(25)26)17-15(11)18(22)13(16(20-17)19(23)24)9-8-12-5-3-2-4-6-12/h2-7,10H,1H3,(H,20,22)(H,23,24). The van der Waals surface area contributed by atoms with Gasteiger partial charge in [0.2, 0.25) is 0 Å². The van der Waals surface area contributed by atoms with Gasteiger partial charge in [0.25, 0.3) is 5.69 Å². The Bertz CT molecular complexity index is 1110. The second-order valence-corrected chi connectivity index (χ2v) is 5.49. The molecular weight excluding hydrogens is 336 g/mol. The van der Waals surface area contributed by atoms with Gasteiger partial charge in [-0.05, 0) is 24.6 Å². The molecular formula is C19H12N2O5. The molecule has 128 valence electrons. The number of hydrogen-bond donors (Lipinski definition) is 2. The number of carbonyl (C=O) groups is 1. The van der Waals surface area contributed by atoms with Gasteiger partial charge in [0.1, 0.15) is 11.3 Å². The second-order valence-electron chi connectivity index (χ2n) is 5.49. The van der Waals surface area contributed by atoms with Crippen LogP contribution in [0, 0.1) is 28.9 Å². The molecule has 0 unspecified atom stereocenters. The quantitative estimate of drug-likeness (QED) is 0.417. The monoisotopic (exact) mass is 348 g/mol. The van der Waals surface area contributed by atoms with E-state index >= 15 is 0 Å². The topological polar surface area (TPSA) is 114 Å². The summed E-state index contributed by atoms with van der Waals surface area (Å²) >= 11 is 0. The van der Waals surface area contributed by atoms with Crippen LogP contribution in [0.15, 0.2) is 42.5 Å². The molecule has 0 atom stereocenters. The lowest BCUT2D eigenvalue weighted by atomic mass is 10.0. The SMILES string of the molecule is Cc1ccc([N+](=O)[O-])c2nc(C(=O)O)c(C#Cc3ccccc3)c(O)c12. The number of nitrogens with zero attached hydrogens (tertiary/aromatic N) is 2. The molecule has 2 aromatic carbocycles. The van der Waals surface area contributed by atoms with E-state index in [2.05, 4.69) is 16.8 Å². The Labute approximate surface area is 147 Å². The van der Waals surface area contributed by atoms with Crippen molar-refractivity contribution in [3.63, 3.8) is 0 Å². The number of aromatic nitrogens is 1. The highest BCUT2D eigenvalue weighted by atomic mass is 16.6. The number of nitro benzene ring substituents is 1. The molecule has 0 aliphatic rings. The number of pyridine rings is 1. The molecule has 7 nitrogen and oxygen atoms in total. The highest BCUT2D eigenvalue weighted by Crippen LogP contribution is 2.36. The number of fused-ring (bicyclic) bond motifs is 1. The summed E-state index contributed by atoms with van der Waals surface area (Å²) < 4.78 is 0. The molecule has 3 aromatic rings. The van der Waals surface area contributed by atoms with Crippen LogP contribution in [-0.4, -0.2) is 26.1 Å². The number of non-ortho nitro benzene ring substituents is 1. The van der Waals surface area contributed by atoms with Crippen molar-refractivity contribution in [1.29, 1.82) is 0 Å². The van der Waals surface area contributed by atoms with Gasteiger partial charge in [-0.3, -0.25) is 10.1 Å². The zero-order valence-corrected chi connectivity index (χ0v) is 13.6. The van der Waals surface area contributed by atoms with E-state index < -0.39 is 22.3 Å². The predicted octanol–water partition coefficient (Wildman–Crippen LogP) is 3.26. The summed E-state index contributed by atoms with van der Waals surface area (Å²) in [5.74, 6) is 3.54. The van der Waals surface area contributed by atoms with Crippen LogP contribution in [-0.2, 0) is 0 Å². The van der Waals surface area contributed by atoms with Crippen LogP contribution in [0.4, 0.5) is 5.69 Å². The van der Waals surface area contributed by atoms with Crippen molar-refractivity contribution in [1.82, 2.24) is 4.98 Å². The van der Waals surface area contributed by atoms with Gasteiger partial charge in [-0.2, -0.15) is 0 Å². The molecule has 2 N–H and O–H groups in total. The first-order valence-corrected chi connectivity index (χ1v) is 7.51. The fourth-order valence-corrected chi connectivity index (χ4v) is 2.57. The molecule has 0 amide bonds. The van der Waals surface area contributed by atoms with E-state index in [-0.39, 0.29) is 22.2 Å². The summed E-state index contributed by atoms with van der Waals surface area (Å²) in [7, 11) is 0. The molecule has 26 heavy (non-hydrogen) atoms. The Kier molecular flexibility index (Phi) is 4.25.